The summed E-state index contributed by atoms with van der Waals surface area (Å²) in [6, 6.07) is 21.8. The number of carbonyl (C=O) groups excluding carboxylic acids is 2. The fourth-order valence-electron chi connectivity index (χ4n) is 2.57. The fourth-order valence-corrected chi connectivity index (χ4v) is 2.57. The predicted octanol–water partition coefficient (Wildman–Crippen LogP) is 4.85. The molecule has 0 unspecified atom stereocenters. The zero-order valence-corrected chi connectivity index (χ0v) is 16.3. The number of anilines is 1. The molecule has 0 aliphatic carbocycles. The molecule has 0 saturated heterocycles. The maximum Gasteiger partial charge on any atom is 0.514 e. The molecule has 0 bridgehead atoms. The van der Waals surface area contributed by atoms with E-state index in [0.717, 1.165) is 11.1 Å². The number of rotatable bonds is 7. The monoisotopic (exact) mass is 421 g/mol. The highest BCUT2D eigenvalue weighted by molar-refractivity contribution is 5.93. The minimum absolute atomic E-state index is 0.0359. The Balaban J connectivity index is 1.62. The third-order valence-electron chi connectivity index (χ3n) is 4.06. The first kappa shape index (κ1) is 21.4. The van der Waals surface area contributed by atoms with Crippen molar-refractivity contribution >= 4 is 23.9 Å². The van der Waals surface area contributed by atoms with E-state index in [1.54, 1.807) is 24.3 Å². The summed E-state index contributed by atoms with van der Waals surface area (Å²) in [6.07, 6.45) is -1.82. The number of carboxylic acids is 1. The first-order valence-electron chi connectivity index (χ1n) is 9.25. The number of benzene rings is 3. The van der Waals surface area contributed by atoms with Crippen LogP contribution in [-0.4, -0.2) is 23.3 Å². The van der Waals surface area contributed by atoms with Crippen molar-refractivity contribution in [3.8, 4) is 5.75 Å². The Labute approximate surface area is 178 Å². The molecule has 1 amide bonds. The maximum atomic E-state index is 12.0. The largest absolute Gasteiger partial charge is 0.514 e. The maximum absolute atomic E-state index is 12.0. The van der Waals surface area contributed by atoms with E-state index in [1.807, 2.05) is 36.4 Å². The van der Waals surface area contributed by atoms with Crippen LogP contribution in [0.1, 0.15) is 21.5 Å². The van der Waals surface area contributed by atoms with Gasteiger partial charge >= 0.3 is 18.2 Å². The summed E-state index contributed by atoms with van der Waals surface area (Å²) in [5, 5.41) is 11.8. The van der Waals surface area contributed by atoms with Gasteiger partial charge in [0.2, 0.25) is 0 Å². The molecule has 2 N–H and O–H groups in total. The Bertz CT molecular complexity index is 1050. The molecule has 3 rings (SSSR count). The third kappa shape index (κ3) is 6.60. The number of ether oxygens (including phenoxy) is 3. The van der Waals surface area contributed by atoms with Gasteiger partial charge in [-0.15, -0.1) is 0 Å². The highest BCUT2D eigenvalue weighted by Crippen LogP contribution is 2.24. The van der Waals surface area contributed by atoms with Crippen molar-refractivity contribution < 1.29 is 33.7 Å². The molecular formula is C23H19NO7. The van der Waals surface area contributed by atoms with Crippen molar-refractivity contribution in [3.05, 3.63) is 95.6 Å². The summed E-state index contributed by atoms with van der Waals surface area (Å²) >= 11 is 0. The third-order valence-corrected chi connectivity index (χ3v) is 4.06. The molecule has 0 aromatic heterocycles. The lowest BCUT2D eigenvalue weighted by atomic mass is 10.2. The molecule has 0 spiro atoms. The van der Waals surface area contributed by atoms with Gasteiger partial charge in [0.25, 0.3) is 0 Å². The Kier molecular flexibility index (Phi) is 7.21. The molecule has 0 heterocycles. The lowest BCUT2D eigenvalue weighted by Crippen LogP contribution is -2.15. The second-order valence-corrected chi connectivity index (χ2v) is 6.33. The van der Waals surface area contributed by atoms with Crippen LogP contribution < -0.4 is 10.1 Å². The molecule has 0 atom stereocenters. The molecule has 0 aliphatic rings. The SMILES string of the molecule is O=C(Nc1ccc(C(=O)O)c(OC(=O)OCc2ccccc2)c1)OCc1ccccc1. The van der Waals surface area contributed by atoms with E-state index < -0.39 is 18.2 Å². The van der Waals surface area contributed by atoms with Crippen molar-refractivity contribution in [2.45, 2.75) is 13.2 Å². The summed E-state index contributed by atoms with van der Waals surface area (Å²) in [7, 11) is 0. The van der Waals surface area contributed by atoms with Gasteiger partial charge in [-0.1, -0.05) is 60.7 Å². The van der Waals surface area contributed by atoms with E-state index in [2.05, 4.69) is 5.32 Å². The average molecular weight is 421 g/mol. The average Bonchev–Trinajstić information content (AvgIpc) is 2.78. The topological polar surface area (TPSA) is 111 Å². The smallest absolute Gasteiger partial charge is 0.478 e. The van der Waals surface area contributed by atoms with Crippen LogP contribution >= 0.6 is 0 Å². The van der Waals surface area contributed by atoms with Crippen LogP contribution in [0.15, 0.2) is 78.9 Å². The molecule has 3 aromatic carbocycles. The quantitative estimate of drug-likeness (QED) is 0.414. The summed E-state index contributed by atoms with van der Waals surface area (Å²) < 4.78 is 15.2. The van der Waals surface area contributed by atoms with E-state index >= 15 is 0 Å². The minimum atomic E-state index is -1.30. The van der Waals surface area contributed by atoms with Crippen molar-refractivity contribution in [2.75, 3.05) is 5.32 Å². The van der Waals surface area contributed by atoms with Gasteiger partial charge in [0, 0.05) is 11.8 Å². The lowest BCUT2D eigenvalue weighted by molar-refractivity contribution is 0.0688. The van der Waals surface area contributed by atoms with Gasteiger partial charge in [-0.25, -0.2) is 14.4 Å². The Morgan fingerprint density at radius 2 is 1.35 bits per heavy atom. The number of hydrogen-bond acceptors (Lipinski definition) is 6. The predicted molar refractivity (Wildman–Crippen MR) is 111 cm³/mol. The van der Waals surface area contributed by atoms with E-state index in [0.29, 0.717) is 0 Å². The fraction of sp³-hybridized carbons (Fsp3) is 0.0870. The van der Waals surface area contributed by atoms with Crippen LogP contribution in [0.25, 0.3) is 0 Å². The molecule has 3 aromatic rings. The number of nitrogens with one attached hydrogen (secondary N) is 1. The van der Waals surface area contributed by atoms with Crippen molar-refractivity contribution in [2.24, 2.45) is 0 Å². The highest BCUT2D eigenvalue weighted by Gasteiger charge is 2.17. The second kappa shape index (κ2) is 10.4. The number of carbonyl (C=O) groups is 3. The number of aromatic carboxylic acids is 1. The molecule has 8 heteroatoms. The van der Waals surface area contributed by atoms with E-state index in [9.17, 15) is 19.5 Å². The minimum Gasteiger partial charge on any atom is -0.478 e. The van der Waals surface area contributed by atoms with Gasteiger partial charge in [-0.05, 0) is 23.3 Å². The molecule has 8 nitrogen and oxygen atoms in total. The molecule has 0 saturated carbocycles. The van der Waals surface area contributed by atoms with Crippen molar-refractivity contribution in [3.63, 3.8) is 0 Å². The first-order valence-corrected chi connectivity index (χ1v) is 9.25. The number of hydrogen-bond donors (Lipinski definition) is 2. The Hall–Kier alpha value is -4.33. The first-order chi connectivity index (χ1) is 15.0. The van der Waals surface area contributed by atoms with Gasteiger partial charge in [0.1, 0.15) is 18.8 Å². The molecule has 0 fully saturated rings. The second-order valence-electron chi connectivity index (χ2n) is 6.33. The standard InChI is InChI=1S/C23H19NO7/c25-21(26)19-12-11-18(24-22(27)29-14-16-7-3-1-4-8-16)13-20(19)31-23(28)30-15-17-9-5-2-6-10-17/h1-13H,14-15H2,(H,24,27)(H,25,26). The van der Waals surface area contributed by atoms with Crippen LogP contribution in [-0.2, 0) is 22.7 Å². The van der Waals surface area contributed by atoms with E-state index in [-0.39, 0.29) is 30.2 Å². The van der Waals surface area contributed by atoms with Crippen molar-refractivity contribution in [1.29, 1.82) is 0 Å². The van der Waals surface area contributed by atoms with Crippen LogP contribution in [0.5, 0.6) is 5.75 Å². The summed E-state index contributed by atoms with van der Waals surface area (Å²) in [5.74, 6) is -1.57. The van der Waals surface area contributed by atoms with Crippen LogP contribution in [0.4, 0.5) is 15.3 Å². The Morgan fingerprint density at radius 1 is 0.774 bits per heavy atom. The zero-order chi connectivity index (χ0) is 22.1. The highest BCUT2D eigenvalue weighted by atomic mass is 16.7. The Morgan fingerprint density at radius 3 is 1.94 bits per heavy atom. The summed E-state index contributed by atoms with van der Waals surface area (Å²) in [4.78, 5) is 35.5. The van der Waals surface area contributed by atoms with Gasteiger partial charge in [0.15, 0.2) is 5.75 Å². The van der Waals surface area contributed by atoms with Gasteiger partial charge in [-0.3, -0.25) is 5.32 Å². The van der Waals surface area contributed by atoms with Gasteiger partial charge < -0.3 is 19.3 Å². The normalized spacial score (nSPS) is 10.1. The van der Waals surface area contributed by atoms with Gasteiger partial charge in [0.05, 0.1) is 0 Å². The summed E-state index contributed by atoms with van der Waals surface area (Å²) in [6.45, 7) is 0.0287. The van der Waals surface area contributed by atoms with Crippen LogP contribution in [0.3, 0.4) is 0 Å². The van der Waals surface area contributed by atoms with Crippen LogP contribution in [0, 0.1) is 0 Å². The van der Waals surface area contributed by atoms with Crippen LogP contribution in [0.2, 0.25) is 0 Å². The molecule has 0 radical (unpaired) electrons. The zero-order valence-electron chi connectivity index (χ0n) is 16.3. The van der Waals surface area contributed by atoms with E-state index in [4.69, 9.17) is 14.2 Å². The lowest BCUT2D eigenvalue weighted by Gasteiger charge is -2.11. The molecule has 158 valence electrons. The molecule has 0 aliphatic heterocycles. The molecule has 31 heavy (non-hydrogen) atoms. The number of carboxylic acid groups (broad SMARTS) is 1. The van der Waals surface area contributed by atoms with E-state index in [1.165, 1.54) is 18.2 Å². The van der Waals surface area contributed by atoms with Gasteiger partial charge in [-0.2, -0.15) is 0 Å². The molecular weight excluding hydrogens is 402 g/mol. The van der Waals surface area contributed by atoms with Crippen molar-refractivity contribution in [1.82, 2.24) is 0 Å². The summed E-state index contributed by atoms with van der Waals surface area (Å²) in [5.41, 5.74) is 1.48. The number of amides is 1.